The summed E-state index contributed by atoms with van der Waals surface area (Å²) in [6.45, 7) is 3.31. The van der Waals surface area contributed by atoms with Gasteiger partial charge in [-0.15, -0.1) is 6.58 Å². The predicted molar refractivity (Wildman–Crippen MR) is 36.6 cm³/mol. The second-order valence-electron chi connectivity index (χ2n) is 2.15. The Labute approximate surface area is 63.5 Å². The molecule has 1 unspecified atom stereocenters. The summed E-state index contributed by atoms with van der Waals surface area (Å²) in [5.41, 5.74) is 0. The highest BCUT2D eigenvalue weighted by Crippen LogP contribution is 2.16. The number of alkyl halides is 2. The Kier molecular flexibility index (Phi) is 4.41. The summed E-state index contributed by atoms with van der Waals surface area (Å²) in [6, 6.07) is 0. The standard InChI is InChI=1S/C7H10F2O2/c1-2-3-4-5(6(8)9)7(10)11/h2,5-6H,1,3-4H2,(H,10,11). The van der Waals surface area contributed by atoms with Crippen LogP contribution in [0, 0.1) is 5.92 Å². The molecule has 0 bridgehead atoms. The molecule has 1 N–H and O–H groups in total. The van der Waals surface area contributed by atoms with E-state index < -0.39 is 18.3 Å². The molecule has 0 aliphatic rings. The van der Waals surface area contributed by atoms with Crippen molar-refractivity contribution in [2.45, 2.75) is 19.3 Å². The molecule has 0 amide bonds. The van der Waals surface area contributed by atoms with Gasteiger partial charge in [-0.2, -0.15) is 0 Å². The first-order chi connectivity index (χ1) is 5.09. The quantitative estimate of drug-likeness (QED) is 0.630. The topological polar surface area (TPSA) is 37.3 Å². The van der Waals surface area contributed by atoms with Gasteiger partial charge in [0.05, 0.1) is 0 Å². The number of hydrogen-bond acceptors (Lipinski definition) is 1. The monoisotopic (exact) mass is 164 g/mol. The number of carboxylic acids is 1. The average molecular weight is 164 g/mol. The number of aliphatic carboxylic acids is 1. The molecule has 0 fully saturated rings. The van der Waals surface area contributed by atoms with Crippen LogP contribution in [0.5, 0.6) is 0 Å². The Morgan fingerprint density at radius 2 is 2.18 bits per heavy atom. The van der Waals surface area contributed by atoms with Crippen molar-refractivity contribution in [1.29, 1.82) is 0 Å². The molecule has 0 spiro atoms. The highest BCUT2D eigenvalue weighted by Gasteiger charge is 2.26. The lowest BCUT2D eigenvalue weighted by atomic mass is 10.0. The summed E-state index contributed by atoms with van der Waals surface area (Å²) in [5.74, 6) is -2.99. The normalized spacial score (nSPS) is 13.0. The number of carbonyl (C=O) groups is 1. The van der Waals surface area contributed by atoms with E-state index in [4.69, 9.17) is 5.11 Å². The second-order valence-corrected chi connectivity index (χ2v) is 2.15. The molecule has 0 aliphatic heterocycles. The third kappa shape index (κ3) is 3.70. The zero-order chi connectivity index (χ0) is 8.85. The van der Waals surface area contributed by atoms with E-state index in [1.807, 2.05) is 0 Å². The first-order valence-electron chi connectivity index (χ1n) is 3.21. The van der Waals surface area contributed by atoms with Crippen molar-refractivity contribution in [1.82, 2.24) is 0 Å². The van der Waals surface area contributed by atoms with E-state index in [1.165, 1.54) is 6.08 Å². The smallest absolute Gasteiger partial charge is 0.312 e. The van der Waals surface area contributed by atoms with Crippen molar-refractivity contribution >= 4 is 5.97 Å². The molecule has 0 aromatic heterocycles. The summed E-state index contributed by atoms with van der Waals surface area (Å²) in [7, 11) is 0. The minimum absolute atomic E-state index is 0.0451. The van der Waals surface area contributed by atoms with Crippen LogP contribution in [0.2, 0.25) is 0 Å². The molecule has 0 rings (SSSR count). The van der Waals surface area contributed by atoms with Gasteiger partial charge in [0.25, 0.3) is 6.43 Å². The van der Waals surface area contributed by atoms with Crippen molar-refractivity contribution in [3.63, 3.8) is 0 Å². The van der Waals surface area contributed by atoms with Crippen LogP contribution in [0.3, 0.4) is 0 Å². The molecule has 11 heavy (non-hydrogen) atoms. The van der Waals surface area contributed by atoms with E-state index in [9.17, 15) is 13.6 Å². The molecule has 0 saturated heterocycles. The highest BCUT2D eigenvalue weighted by atomic mass is 19.3. The van der Waals surface area contributed by atoms with Crippen LogP contribution in [0.1, 0.15) is 12.8 Å². The lowest BCUT2D eigenvalue weighted by Crippen LogP contribution is -2.21. The Morgan fingerprint density at radius 1 is 1.64 bits per heavy atom. The first kappa shape index (κ1) is 10.1. The number of allylic oxidation sites excluding steroid dienone is 1. The van der Waals surface area contributed by atoms with Gasteiger partial charge in [0, 0.05) is 0 Å². The van der Waals surface area contributed by atoms with Gasteiger partial charge in [-0.1, -0.05) is 6.08 Å². The SMILES string of the molecule is C=CCCC(C(=O)O)C(F)F. The predicted octanol–water partition coefficient (Wildman–Crippen LogP) is 1.92. The summed E-state index contributed by atoms with van der Waals surface area (Å²) in [4.78, 5) is 10.1. The molecule has 64 valence electrons. The third-order valence-electron chi connectivity index (χ3n) is 1.30. The summed E-state index contributed by atoms with van der Waals surface area (Å²) < 4.78 is 23.7. The molecule has 2 nitrogen and oxygen atoms in total. The molecular formula is C7H10F2O2. The van der Waals surface area contributed by atoms with Gasteiger partial charge in [0.2, 0.25) is 0 Å². The maximum Gasteiger partial charge on any atom is 0.312 e. The molecule has 1 atom stereocenters. The fourth-order valence-electron chi connectivity index (χ4n) is 0.655. The molecule has 0 radical (unpaired) electrons. The Morgan fingerprint density at radius 3 is 2.45 bits per heavy atom. The molecule has 0 saturated carbocycles. The van der Waals surface area contributed by atoms with Crippen molar-refractivity contribution in [3.05, 3.63) is 12.7 Å². The number of hydrogen-bond donors (Lipinski definition) is 1. The minimum atomic E-state index is -2.78. The second kappa shape index (κ2) is 4.82. The van der Waals surface area contributed by atoms with Crippen molar-refractivity contribution < 1.29 is 18.7 Å². The van der Waals surface area contributed by atoms with E-state index in [0.717, 1.165) is 0 Å². The van der Waals surface area contributed by atoms with Crippen LogP contribution >= 0.6 is 0 Å². The maximum absolute atomic E-state index is 11.9. The summed E-state index contributed by atoms with van der Waals surface area (Å²) in [6.07, 6.45) is -1.09. The lowest BCUT2D eigenvalue weighted by Gasteiger charge is -2.08. The van der Waals surface area contributed by atoms with Gasteiger partial charge in [0.1, 0.15) is 5.92 Å². The number of rotatable bonds is 5. The summed E-state index contributed by atoms with van der Waals surface area (Å²) in [5, 5.41) is 8.26. The van der Waals surface area contributed by atoms with Gasteiger partial charge in [-0.05, 0) is 12.8 Å². The fraction of sp³-hybridized carbons (Fsp3) is 0.571. The van der Waals surface area contributed by atoms with Crippen LogP contribution in [0.4, 0.5) is 8.78 Å². The molecule has 0 heterocycles. The largest absolute Gasteiger partial charge is 0.481 e. The van der Waals surface area contributed by atoms with Crippen LogP contribution in [0.25, 0.3) is 0 Å². The molecule has 0 aliphatic carbocycles. The van der Waals surface area contributed by atoms with Gasteiger partial charge in [0.15, 0.2) is 0 Å². The number of carboxylic acid groups (broad SMARTS) is 1. The fourth-order valence-corrected chi connectivity index (χ4v) is 0.655. The van der Waals surface area contributed by atoms with E-state index in [0.29, 0.717) is 6.42 Å². The van der Waals surface area contributed by atoms with Crippen LogP contribution in [0.15, 0.2) is 12.7 Å². The Hall–Kier alpha value is -0.930. The van der Waals surface area contributed by atoms with Gasteiger partial charge >= 0.3 is 5.97 Å². The maximum atomic E-state index is 11.9. The zero-order valence-electron chi connectivity index (χ0n) is 5.96. The van der Waals surface area contributed by atoms with E-state index >= 15 is 0 Å². The molecule has 4 heteroatoms. The van der Waals surface area contributed by atoms with Gasteiger partial charge in [-0.3, -0.25) is 4.79 Å². The first-order valence-corrected chi connectivity index (χ1v) is 3.21. The number of halogens is 2. The average Bonchev–Trinajstić information content (AvgIpc) is 1.87. The van der Waals surface area contributed by atoms with Gasteiger partial charge in [-0.25, -0.2) is 8.78 Å². The van der Waals surface area contributed by atoms with Crippen LogP contribution < -0.4 is 0 Å². The van der Waals surface area contributed by atoms with E-state index in [1.54, 1.807) is 0 Å². The van der Waals surface area contributed by atoms with E-state index in [-0.39, 0.29) is 6.42 Å². The van der Waals surface area contributed by atoms with Crippen LogP contribution in [-0.2, 0) is 4.79 Å². The highest BCUT2D eigenvalue weighted by molar-refractivity contribution is 5.70. The Bertz CT molecular complexity index is 145. The zero-order valence-corrected chi connectivity index (χ0v) is 5.96. The minimum Gasteiger partial charge on any atom is -0.481 e. The third-order valence-corrected chi connectivity index (χ3v) is 1.30. The molecular weight excluding hydrogens is 154 g/mol. The summed E-state index contributed by atoms with van der Waals surface area (Å²) >= 11 is 0. The van der Waals surface area contributed by atoms with Crippen molar-refractivity contribution in [3.8, 4) is 0 Å². The Balaban J connectivity index is 3.89. The van der Waals surface area contributed by atoms with Crippen molar-refractivity contribution in [2.75, 3.05) is 0 Å². The van der Waals surface area contributed by atoms with Gasteiger partial charge < -0.3 is 5.11 Å². The molecule has 0 aromatic rings. The molecule has 0 aromatic carbocycles. The van der Waals surface area contributed by atoms with E-state index in [2.05, 4.69) is 6.58 Å². The van der Waals surface area contributed by atoms with Crippen molar-refractivity contribution in [2.24, 2.45) is 5.92 Å². The van der Waals surface area contributed by atoms with Crippen LogP contribution in [-0.4, -0.2) is 17.5 Å². The lowest BCUT2D eigenvalue weighted by molar-refractivity contribution is -0.147.